The van der Waals surface area contributed by atoms with Gasteiger partial charge in [0.15, 0.2) is 0 Å². The average Bonchev–Trinajstić information content (AvgIpc) is 2.78. The van der Waals surface area contributed by atoms with E-state index in [1.54, 1.807) is 6.20 Å². The van der Waals surface area contributed by atoms with Crippen molar-refractivity contribution in [2.45, 2.75) is 25.0 Å². The number of thioether (sulfide) groups is 1. The van der Waals surface area contributed by atoms with Gasteiger partial charge >= 0.3 is 5.69 Å². The lowest BCUT2D eigenvalue weighted by Gasteiger charge is -2.15. The van der Waals surface area contributed by atoms with E-state index in [0.29, 0.717) is 12.2 Å². The van der Waals surface area contributed by atoms with E-state index in [1.165, 1.54) is 16.3 Å². The van der Waals surface area contributed by atoms with Crippen LogP contribution in [-0.2, 0) is 11.2 Å². The SMILES string of the molecule is CCc1cn([C@H]2CS[C@@H](CO)O2)c(=O)nc1N. The normalized spacial score (nSPS) is 24.1. The van der Waals surface area contributed by atoms with Gasteiger partial charge in [-0.2, -0.15) is 4.98 Å². The zero-order valence-electron chi connectivity index (χ0n) is 9.50. The monoisotopic (exact) mass is 257 g/mol. The van der Waals surface area contributed by atoms with Crippen molar-refractivity contribution in [3.8, 4) is 0 Å². The second-order valence-corrected chi connectivity index (χ2v) is 4.92. The molecular weight excluding hydrogens is 242 g/mol. The van der Waals surface area contributed by atoms with E-state index in [4.69, 9.17) is 15.6 Å². The largest absolute Gasteiger partial charge is 0.393 e. The van der Waals surface area contributed by atoms with Crippen LogP contribution in [0.15, 0.2) is 11.0 Å². The summed E-state index contributed by atoms with van der Waals surface area (Å²) >= 11 is 1.48. The molecule has 1 saturated heterocycles. The van der Waals surface area contributed by atoms with E-state index in [1.807, 2.05) is 6.92 Å². The van der Waals surface area contributed by atoms with E-state index >= 15 is 0 Å². The van der Waals surface area contributed by atoms with Crippen LogP contribution in [0.4, 0.5) is 5.82 Å². The molecular formula is C10H15N3O3S. The predicted octanol–water partition coefficient (Wildman–Crippen LogP) is -0.0317. The molecule has 1 aromatic heterocycles. The van der Waals surface area contributed by atoms with E-state index in [2.05, 4.69) is 4.98 Å². The van der Waals surface area contributed by atoms with Crippen molar-refractivity contribution < 1.29 is 9.84 Å². The van der Waals surface area contributed by atoms with Crippen LogP contribution in [0, 0.1) is 0 Å². The smallest absolute Gasteiger partial charge is 0.351 e. The molecule has 2 atom stereocenters. The fourth-order valence-corrected chi connectivity index (χ4v) is 2.62. The van der Waals surface area contributed by atoms with Crippen LogP contribution >= 0.6 is 11.8 Å². The number of nitrogen functional groups attached to an aromatic ring is 1. The molecule has 0 aromatic carbocycles. The van der Waals surface area contributed by atoms with Crippen LogP contribution in [0.3, 0.4) is 0 Å². The molecule has 0 bridgehead atoms. The Kier molecular flexibility index (Phi) is 3.70. The minimum atomic E-state index is -0.413. The molecule has 1 fully saturated rings. The van der Waals surface area contributed by atoms with Gasteiger partial charge in [0.2, 0.25) is 0 Å². The van der Waals surface area contributed by atoms with E-state index in [9.17, 15) is 4.79 Å². The van der Waals surface area contributed by atoms with E-state index in [0.717, 1.165) is 5.56 Å². The lowest BCUT2D eigenvalue weighted by Crippen LogP contribution is -2.30. The maximum absolute atomic E-state index is 11.7. The van der Waals surface area contributed by atoms with Gasteiger partial charge in [-0.15, -0.1) is 11.8 Å². The number of ether oxygens (including phenoxy) is 1. The van der Waals surface area contributed by atoms with Crippen molar-refractivity contribution in [2.24, 2.45) is 0 Å². The molecule has 0 spiro atoms. The van der Waals surface area contributed by atoms with Gasteiger partial charge in [0.25, 0.3) is 0 Å². The molecule has 0 amide bonds. The molecule has 1 aliphatic rings. The Labute approximate surface area is 103 Å². The van der Waals surface area contributed by atoms with Crippen LogP contribution in [0.2, 0.25) is 0 Å². The Bertz CT molecular complexity index is 463. The fraction of sp³-hybridized carbons (Fsp3) is 0.600. The third kappa shape index (κ3) is 2.46. The van der Waals surface area contributed by atoms with Crippen molar-refractivity contribution in [3.63, 3.8) is 0 Å². The number of aromatic nitrogens is 2. The molecule has 2 heterocycles. The summed E-state index contributed by atoms with van der Waals surface area (Å²) < 4.78 is 6.95. The Morgan fingerprint density at radius 3 is 3.12 bits per heavy atom. The summed E-state index contributed by atoms with van der Waals surface area (Å²) in [6.07, 6.45) is 2.03. The number of rotatable bonds is 3. The molecule has 1 aromatic rings. The Morgan fingerprint density at radius 1 is 1.76 bits per heavy atom. The van der Waals surface area contributed by atoms with Crippen LogP contribution in [0.25, 0.3) is 0 Å². The summed E-state index contributed by atoms with van der Waals surface area (Å²) in [7, 11) is 0. The van der Waals surface area contributed by atoms with Gasteiger partial charge in [0.1, 0.15) is 17.5 Å². The molecule has 3 N–H and O–H groups in total. The zero-order chi connectivity index (χ0) is 12.4. The van der Waals surface area contributed by atoms with Crippen LogP contribution in [0.1, 0.15) is 18.7 Å². The number of aryl methyl sites for hydroxylation is 1. The number of aliphatic hydroxyl groups is 1. The molecule has 1 aliphatic heterocycles. The standard InChI is InChI=1S/C10H15N3O3S/c1-2-6-3-13(10(15)12-9(6)11)7-5-17-8(4-14)16-7/h3,7-8,14H,2,4-5H2,1H3,(H2,11,12,15)/t7-,8+/m1/s1. The summed E-state index contributed by atoms with van der Waals surface area (Å²) in [6.45, 7) is 1.89. The Hall–Kier alpha value is -1.05. The number of anilines is 1. The summed E-state index contributed by atoms with van der Waals surface area (Å²) in [5.41, 5.74) is 5.79. The fourth-order valence-electron chi connectivity index (χ4n) is 1.69. The molecule has 0 saturated carbocycles. The molecule has 2 rings (SSSR count). The number of nitrogens with zero attached hydrogens (tertiary/aromatic N) is 2. The maximum atomic E-state index is 11.7. The molecule has 0 radical (unpaired) electrons. The van der Waals surface area contributed by atoms with E-state index < -0.39 is 5.69 Å². The third-order valence-corrected chi connectivity index (χ3v) is 3.74. The molecule has 17 heavy (non-hydrogen) atoms. The van der Waals surface area contributed by atoms with Crippen LogP contribution in [-0.4, -0.2) is 32.5 Å². The number of nitrogens with two attached hydrogens (primary N) is 1. The van der Waals surface area contributed by atoms with Crippen LogP contribution in [0.5, 0.6) is 0 Å². The van der Waals surface area contributed by atoms with Gasteiger partial charge < -0.3 is 15.6 Å². The first-order valence-corrected chi connectivity index (χ1v) is 6.46. The van der Waals surface area contributed by atoms with Crippen molar-refractivity contribution in [2.75, 3.05) is 18.1 Å². The second-order valence-electron chi connectivity index (χ2n) is 3.73. The molecule has 0 unspecified atom stereocenters. The second kappa shape index (κ2) is 5.07. The van der Waals surface area contributed by atoms with Crippen molar-refractivity contribution >= 4 is 17.6 Å². The summed E-state index contributed by atoms with van der Waals surface area (Å²) in [5, 5.41) is 8.98. The van der Waals surface area contributed by atoms with Gasteiger partial charge in [0.05, 0.1) is 6.61 Å². The van der Waals surface area contributed by atoms with Crippen molar-refractivity contribution in [1.82, 2.24) is 9.55 Å². The topological polar surface area (TPSA) is 90.4 Å². The number of hydrogen-bond donors (Lipinski definition) is 2. The van der Waals surface area contributed by atoms with Crippen molar-refractivity contribution in [1.29, 1.82) is 0 Å². The number of aliphatic hydroxyl groups excluding tert-OH is 1. The molecule has 7 heteroatoms. The van der Waals surface area contributed by atoms with Gasteiger partial charge in [0, 0.05) is 17.5 Å². The van der Waals surface area contributed by atoms with Crippen molar-refractivity contribution in [3.05, 3.63) is 22.2 Å². The van der Waals surface area contributed by atoms with Gasteiger partial charge in [-0.1, -0.05) is 6.92 Å². The van der Waals surface area contributed by atoms with Gasteiger partial charge in [-0.25, -0.2) is 4.79 Å². The molecule has 94 valence electrons. The van der Waals surface area contributed by atoms with Gasteiger partial charge in [-0.3, -0.25) is 4.57 Å². The van der Waals surface area contributed by atoms with Gasteiger partial charge in [-0.05, 0) is 6.42 Å². The average molecular weight is 257 g/mol. The maximum Gasteiger partial charge on any atom is 0.351 e. The summed E-state index contributed by atoms with van der Waals surface area (Å²) in [4.78, 5) is 15.5. The summed E-state index contributed by atoms with van der Waals surface area (Å²) in [5.74, 6) is 0.901. The van der Waals surface area contributed by atoms with E-state index in [-0.39, 0.29) is 24.1 Å². The highest BCUT2D eigenvalue weighted by molar-refractivity contribution is 8.00. The first-order chi connectivity index (χ1) is 8.15. The molecule has 0 aliphatic carbocycles. The Balaban J connectivity index is 2.30. The number of hydrogen-bond acceptors (Lipinski definition) is 6. The minimum absolute atomic E-state index is 0.0566. The minimum Gasteiger partial charge on any atom is -0.393 e. The third-order valence-electron chi connectivity index (χ3n) is 2.63. The lowest BCUT2D eigenvalue weighted by molar-refractivity contribution is -0.00640. The first kappa shape index (κ1) is 12.4. The first-order valence-electron chi connectivity index (χ1n) is 5.41. The highest BCUT2D eigenvalue weighted by atomic mass is 32.2. The summed E-state index contributed by atoms with van der Waals surface area (Å²) in [6, 6.07) is 0. The highest BCUT2D eigenvalue weighted by Crippen LogP contribution is 2.30. The zero-order valence-corrected chi connectivity index (χ0v) is 10.3. The lowest BCUT2D eigenvalue weighted by atomic mass is 10.2. The highest BCUT2D eigenvalue weighted by Gasteiger charge is 2.27. The Morgan fingerprint density at radius 2 is 2.53 bits per heavy atom. The predicted molar refractivity (Wildman–Crippen MR) is 65.7 cm³/mol. The quantitative estimate of drug-likeness (QED) is 0.790. The van der Waals surface area contributed by atoms with Crippen LogP contribution < -0.4 is 11.4 Å². The molecule has 6 nitrogen and oxygen atoms in total.